The third kappa shape index (κ3) is 3.51. The Morgan fingerprint density at radius 2 is 2.11 bits per heavy atom. The number of aryl methyl sites for hydroxylation is 1. The van der Waals surface area contributed by atoms with E-state index in [1.807, 2.05) is 25.1 Å². The molecule has 1 aromatic heterocycles. The molecule has 0 aliphatic heterocycles. The summed E-state index contributed by atoms with van der Waals surface area (Å²) in [5.74, 6) is -0.294. The average Bonchev–Trinajstić information content (AvgIpc) is 2.39. The zero-order valence-corrected chi connectivity index (χ0v) is 11.9. The zero-order chi connectivity index (χ0) is 13.8. The lowest BCUT2D eigenvalue weighted by molar-refractivity contribution is 0.104. The van der Waals surface area contributed by atoms with Crippen molar-refractivity contribution in [1.82, 2.24) is 4.98 Å². The molecule has 0 aliphatic carbocycles. The number of nitrogens with zero attached hydrogens (tertiary/aromatic N) is 1. The minimum atomic E-state index is -0.262. The van der Waals surface area contributed by atoms with Crippen LogP contribution >= 0.6 is 15.9 Å². The highest BCUT2D eigenvalue weighted by Crippen LogP contribution is 2.22. The summed E-state index contributed by atoms with van der Waals surface area (Å²) in [5, 5.41) is 9.66. The Bertz CT molecular complexity index is 650. The Labute approximate surface area is 119 Å². The molecular formula is C15H12BrNO2. The number of hydrogen-bond acceptors (Lipinski definition) is 3. The first kappa shape index (κ1) is 13.5. The van der Waals surface area contributed by atoms with Gasteiger partial charge in [-0.25, -0.2) is 0 Å². The van der Waals surface area contributed by atoms with Crippen LogP contribution in [0.15, 0.2) is 46.9 Å². The van der Waals surface area contributed by atoms with Gasteiger partial charge in [-0.2, -0.15) is 0 Å². The number of pyridine rings is 1. The molecule has 0 aliphatic rings. The van der Waals surface area contributed by atoms with Crippen molar-refractivity contribution in [2.45, 2.75) is 6.92 Å². The molecule has 0 atom stereocenters. The number of allylic oxidation sites excluding steroid dienone is 1. The first-order valence-corrected chi connectivity index (χ1v) is 6.50. The number of rotatable bonds is 3. The standard InChI is InChI=1S/C15H12BrNO2/c1-10-3-2-4-12(17-10)6-8-15(19)13-9-11(16)5-7-14(13)18/h2-9,18H,1H3/b8-6+. The molecule has 0 bridgehead atoms. The van der Waals surface area contributed by atoms with Gasteiger partial charge in [0.1, 0.15) is 5.75 Å². The van der Waals surface area contributed by atoms with Crippen LogP contribution in [-0.4, -0.2) is 15.9 Å². The van der Waals surface area contributed by atoms with Crippen LogP contribution in [0.25, 0.3) is 6.08 Å². The number of aromatic nitrogens is 1. The molecule has 0 amide bonds. The van der Waals surface area contributed by atoms with E-state index in [-0.39, 0.29) is 17.1 Å². The van der Waals surface area contributed by atoms with Crippen molar-refractivity contribution in [1.29, 1.82) is 0 Å². The number of phenols is 1. The van der Waals surface area contributed by atoms with Gasteiger partial charge in [0.25, 0.3) is 0 Å². The van der Waals surface area contributed by atoms with Crippen LogP contribution in [-0.2, 0) is 0 Å². The number of carbonyl (C=O) groups excluding carboxylic acids is 1. The molecule has 1 heterocycles. The van der Waals surface area contributed by atoms with Crippen molar-refractivity contribution in [3.8, 4) is 5.75 Å². The van der Waals surface area contributed by atoms with Crippen molar-refractivity contribution >= 4 is 27.8 Å². The normalized spacial score (nSPS) is 10.8. The van der Waals surface area contributed by atoms with Gasteiger partial charge >= 0.3 is 0 Å². The number of phenolic OH excluding ortho intramolecular Hbond substituents is 1. The van der Waals surface area contributed by atoms with Gasteiger partial charge in [-0.05, 0) is 49.4 Å². The van der Waals surface area contributed by atoms with E-state index in [0.717, 1.165) is 10.2 Å². The Kier molecular flexibility index (Phi) is 4.12. The summed E-state index contributed by atoms with van der Waals surface area (Å²) in [6.45, 7) is 1.89. The van der Waals surface area contributed by atoms with Crippen molar-refractivity contribution in [3.63, 3.8) is 0 Å². The second-order valence-corrected chi connectivity index (χ2v) is 4.98. The number of hydrogen-bond donors (Lipinski definition) is 1. The first-order chi connectivity index (χ1) is 9.06. The molecule has 1 aromatic carbocycles. The lowest BCUT2D eigenvalue weighted by Gasteiger charge is -2.01. The largest absolute Gasteiger partial charge is 0.507 e. The first-order valence-electron chi connectivity index (χ1n) is 5.71. The van der Waals surface area contributed by atoms with Crippen LogP contribution < -0.4 is 0 Å². The maximum absolute atomic E-state index is 12.0. The summed E-state index contributed by atoms with van der Waals surface area (Å²) in [7, 11) is 0. The fourth-order valence-corrected chi connectivity index (χ4v) is 1.97. The number of halogens is 1. The fourth-order valence-electron chi connectivity index (χ4n) is 1.61. The summed E-state index contributed by atoms with van der Waals surface area (Å²) in [6.07, 6.45) is 3.04. The molecule has 0 unspecified atom stereocenters. The molecule has 0 radical (unpaired) electrons. The van der Waals surface area contributed by atoms with Gasteiger partial charge in [-0.3, -0.25) is 9.78 Å². The molecule has 1 N–H and O–H groups in total. The Hall–Kier alpha value is -1.94. The van der Waals surface area contributed by atoms with Crippen molar-refractivity contribution in [2.24, 2.45) is 0 Å². The lowest BCUT2D eigenvalue weighted by atomic mass is 10.1. The lowest BCUT2D eigenvalue weighted by Crippen LogP contribution is -1.95. The summed E-state index contributed by atoms with van der Waals surface area (Å²) < 4.78 is 0.746. The number of carbonyl (C=O) groups is 1. The number of benzene rings is 1. The summed E-state index contributed by atoms with van der Waals surface area (Å²) in [4.78, 5) is 16.2. The fraction of sp³-hybridized carbons (Fsp3) is 0.0667. The van der Waals surface area contributed by atoms with E-state index in [2.05, 4.69) is 20.9 Å². The Balaban J connectivity index is 2.23. The Morgan fingerprint density at radius 1 is 1.32 bits per heavy atom. The van der Waals surface area contributed by atoms with Crippen LogP contribution in [0.3, 0.4) is 0 Å². The second-order valence-electron chi connectivity index (χ2n) is 4.06. The molecule has 0 saturated carbocycles. The van der Waals surface area contributed by atoms with E-state index >= 15 is 0 Å². The molecule has 3 nitrogen and oxygen atoms in total. The van der Waals surface area contributed by atoms with E-state index in [1.165, 1.54) is 12.1 Å². The smallest absolute Gasteiger partial charge is 0.189 e. The molecule has 0 fully saturated rings. The maximum Gasteiger partial charge on any atom is 0.189 e. The third-order valence-corrected chi connectivity index (χ3v) is 3.03. The molecule has 0 spiro atoms. The van der Waals surface area contributed by atoms with Gasteiger partial charge in [0.2, 0.25) is 0 Å². The minimum absolute atomic E-state index is 0.0324. The molecule has 96 valence electrons. The highest BCUT2D eigenvalue weighted by molar-refractivity contribution is 9.10. The van der Waals surface area contributed by atoms with E-state index in [0.29, 0.717) is 5.69 Å². The monoisotopic (exact) mass is 317 g/mol. The van der Waals surface area contributed by atoms with E-state index in [9.17, 15) is 9.90 Å². The van der Waals surface area contributed by atoms with Gasteiger partial charge in [0.05, 0.1) is 11.3 Å². The molecule has 2 rings (SSSR count). The summed E-state index contributed by atoms with van der Waals surface area (Å²) in [6, 6.07) is 10.3. The number of aromatic hydroxyl groups is 1. The highest BCUT2D eigenvalue weighted by Gasteiger charge is 2.08. The van der Waals surface area contributed by atoms with Crippen molar-refractivity contribution < 1.29 is 9.90 Å². The second kappa shape index (κ2) is 5.80. The van der Waals surface area contributed by atoms with E-state index in [4.69, 9.17) is 0 Å². The van der Waals surface area contributed by atoms with Crippen LogP contribution in [0.5, 0.6) is 5.75 Å². The molecule has 0 saturated heterocycles. The maximum atomic E-state index is 12.0. The topological polar surface area (TPSA) is 50.2 Å². The van der Waals surface area contributed by atoms with Crippen LogP contribution in [0.2, 0.25) is 0 Å². The molecular weight excluding hydrogens is 306 g/mol. The SMILES string of the molecule is Cc1cccc(/C=C/C(=O)c2cc(Br)ccc2O)n1. The predicted molar refractivity (Wildman–Crippen MR) is 78.1 cm³/mol. The Morgan fingerprint density at radius 3 is 2.84 bits per heavy atom. The van der Waals surface area contributed by atoms with Gasteiger partial charge in [-0.15, -0.1) is 0 Å². The average molecular weight is 318 g/mol. The van der Waals surface area contributed by atoms with Gasteiger partial charge in [-0.1, -0.05) is 22.0 Å². The van der Waals surface area contributed by atoms with Crippen molar-refractivity contribution in [3.05, 3.63) is 63.9 Å². The third-order valence-electron chi connectivity index (χ3n) is 2.54. The quantitative estimate of drug-likeness (QED) is 0.692. The van der Waals surface area contributed by atoms with Gasteiger partial charge in [0.15, 0.2) is 5.78 Å². The number of ketones is 1. The van der Waals surface area contributed by atoms with Crippen LogP contribution in [0.1, 0.15) is 21.7 Å². The van der Waals surface area contributed by atoms with Crippen LogP contribution in [0, 0.1) is 6.92 Å². The van der Waals surface area contributed by atoms with Crippen LogP contribution in [0.4, 0.5) is 0 Å². The molecule has 19 heavy (non-hydrogen) atoms. The predicted octanol–water partition coefficient (Wildman–Crippen LogP) is 3.75. The van der Waals surface area contributed by atoms with Gasteiger partial charge in [0, 0.05) is 10.2 Å². The molecule has 4 heteroatoms. The minimum Gasteiger partial charge on any atom is -0.507 e. The van der Waals surface area contributed by atoms with E-state index < -0.39 is 0 Å². The summed E-state index contributed by atoms with van der Waals surface area (Å²) in [5.41, 5.74) is 1.86. The summed E-state index contributed by atoms with van der Waals surface area (Å²) >= 11 is 3.27. The zero-order valence-electron chi connectivity index (χ0n) is 10.3. The van der Waals surface area contributed by atoms with E-state index in [1.54, 1.807) is 18.2 Å². The van der Waals surface area contributed by atoms with Crippen molar-refractivity contribution in [2.75, 3.05) is 0 Å². The van der Waals surface area contributed by atoms with Gasteiger partial charge < -0.3 is 5.11 Å². The molecule has 2 aromatic rings. The highest BCUT2D eigenvalue weighted by atomic mass is 79.9.